The maximum Gasteiger partial charge on any atom is 0.410 e. The maximum atomic E-state index is 12.3. The highest BCUT2D eigenvalue weighted by Crippen LogP contribution is 2.36. The fourth-order valence-corrected chi connectivity index (χ4v) is 3.17. The van der Waals surface area contributed by atoms with Crippen molar-refractivity contribution in [3.05, 3.63) is 23.8 Å². The summed E-state index contributed by atoms with van der Waals surface area (Å²) < 4.78 is 28.2. The molecular formula is C15H21N2O4S-. The zero-order valence-electron chi connectivity index (χ0n) is 13.0. The molecule has 7 heteroatoms. The van der Waals surface area contributed by atoms with E-state index in [-0.39, 0.29) is 10.9 Å². The molecule has 1 fully saturated rings. The lowest BCUT2D eigenvalue weighted by molar-refractivity contribution is 0.0222. The Morgan fingerprint density at radius 2 is 2.14 bits per heavy atom. The summed E-state index contributed by atoms with van der Waals surface area (Å²) in [5.41, 5.74) is 6.21. The van der Waals surface area contributed by atoms with Crippen molar-refractivity contribution in [2.75, 3.05) is 12.3 Å². The van der Waals surface area contributed by atoms with Crippen LogP contribution in [-0.4, -0.2) is 31.9 Å². The number of rotatable bonds is 2. The zero-order valence-corrected chi connectivity index (χ0v) is 13.8. The van der Waals surface area contributed by atoms with Gasteiger partial charge in [0.25, 0.3) is 0 Å². The molecule has 2 N–H and O–H groups in total. The number of amides is 1. The van der Waals surface area contributed by atoms with E-state index in [1.54, 1.807) is 37.8 Å². The molecule has 0 bridgehead atoms. The molecule has 1 saturated heterocycles. The van der Waals surface area contributed by atoms with Crippen molar-refractivity contribution in [3.8, 4) is 0 Å². The summed E-state index contributed by atoms with van der Waals surface area (Å²) in [4.78, 5) is 14.1. The number of benzene rings is 1. The highest BCUT2D eigenvalue weighted by atomic mass is 32.2. The van der Waals surface area contributed by atoms with Gasteiger partial charge in [0, 0.05) is 17.1 Å². The summed E-state index contributed by atoms with van der Waals surface area (Å²) in [6.45, 7) is 5.94. The van der Waals surface area contributed by atoms with Gasteiger partial charge in [-0.3, -0.25) is 4.21 Å². The van der Waals surface area contributed by atoms with Gasteiger partial charge in [0.2, 0.25) is 0 Å². The lowest BCUT2D eigenvalue weighted by Gasteiger charge is -2.30. The Kier molecular flexibility index (Phi) is 4.77. The summed E-state index contributed by atoms with van der Waals surface area (Å²) in [6.07, 6.45) is 1.05. The van der Waals surface area contributed by atoms with Crippen LogP contribution in [0.2, 0.25) is 0 Å². The van der Waals surface area contributed by atoms with E-state index >= 15 is 0 Å². The molecule has 0 spiro atoms. The van der Waals surface area contributed by atoms with E-state index in [0.29, 0.717) is 24.2 Å². The number of nitrogens with zero attached hydrogens (tertiary/aromatic N) is 1. The van der Waals surface area contributed by atoms with Crippen molar-refractivity contribution in [2.45, 2.75) is 50.2 Å². The van der Waals surface area contributed by atoms with Crippen molar-refractivity contribution >= 4 is 22.9 Å². The first-order valence-electron chi connectivity index (χ1n) is 7.17. The number of nitrogen functional groups attached to an aromatic ring is 1. The summed E-state index contributed by atoms with van der Waals surface area (Å²) in [6, 6.07) is 4.31. The van der Waals surface area contributed by atoms with Gasteiger partial charge in [0.15, 0.2) is 0 Å². The van der Waals surface area contributed by atoms with Gasteiger partial charge in [-0.05, 0) is 68.5 Å². The van der Waals surface area contributed by atoms with Crippen LogP contribution in [0.25, 0.3) is 0 Å². The Labute approximate surface area is 132 Å². The number of hydrogen-bond donors (Lipinski definition) is 1. The molecule has 1 aromatic rings. The van der Waals surface area contributed by atoms with Crippen molar-refractivity contribution in [1.29, 1.82) is 0 Å². The largest absolute Gasteiger partial charge is 0.768 e. The number of nitrogens with two attached hydrogens (primary N) is 1. The van der Waals surface area contributed by atoms with E-state index in [1.807, 2.05) is 0 Å². The van der Waals surface area contributed by atoms with Crippen LogP contribution < -0.4 is 5.73 Å². The fraction of sp³-hybridized carbons (Fsp3) is 0.533. The monoisotopic (exact) mass is 325 g/mol. The van der Waals surface area contributed by atoms with Crippen molar-refractivity contribution in [1.82, 2.24) is 4.90 Å². The molecule has 1 aliphatic heterocycles. The molecule has 1 aliphatic rings. The van der Waals surface area contributed by atoms with Crippen LogP contribution in [0.3, 0.4) is 0 Å². The second-order valence-electron chi connectivity index (χ2n) is 6.36. The fourth-order valence-electron chi connectivity index (χ4n) is 2.61. The molecule has 1 amide bonds. The van der Waals surface area contributed by atoms with Crippen LogP contribution in [0.5, 0.6) is 0 Å². The van der Waals surface area contributed by atoms with Gasteiger partial charge in [-0.1, -0.05) is 0 Å². The Hall–Kier alpha value is -1.60. The van der Waals surface area contributed by atoms with E-state index in [0.717, 1.165) is 6.42 Å². The number of carbonyl (C=O) groups is 1. The number of likely N-dealkylation sites (tertiary alicyclic amines) is 1. The van der Waals surface area contributed by atoms with E-state index in [2.05, 4.69) is 0 Å². The second-order valence-corrected chi connectivity index (χ2v) is 7.27. The molecular weight excluding hydrogens is 304 g/mol. The van der Waals surface area contributed by atoms with E-state index in [9.17, 15) is 13.6 Å². The topological polar surface area (TPSA) is 95.7 Å². The first kappa shape index (κ1) is 16.8. The lowest BCUT2D eigenvalue weighted by atomic mass is 10.0. The minimum absolute atomic E-state index is 0.176. The minimum Gasteiger partial charge on any atom is -0.768 e. The smallest absolute Gasteiger partial charge is 0.410 e. The standard InChI is InChI=1S/C15H22N2O4S/c1-15(2,3)21-14(18)17-8-4-5-12(17)11-9-10(16)6-7-13(11)22(19)20/h6-7,9,12H,4-5,8,16H2,1-3H3,(H,19,20)/p-1/t12-/m0/s1. The predicted octanol–water partition coefficient (Wildman–Crippen LogP) is 2.58. The quantitative estimate of drug-likeness (QED) is 0.666. The van der Waals surface area contributed by atoms with Gasteiger partial charge in [-0.2, -0.15) is 0 Å². The normalized spacial score (nSPS) is 20.0. The van der Waals surface area contributed by atoms with Crippen LogP contribution in [0, 0.1) is 0 Å². The summed E-state index contributed by atoms with van der Waals surface area (Å²) in [7, 11) is 0. The molecule has 2 atom stereocenters. The molecule has 122 valence electrons. The number of carbonyl (C=O) groups excluding carboxylic acids is 1. The Morgan fingerprint density at radius 1 is 1.45 bits per heavy atom. The highest BCUT2D eigenvalue weighted by Gasteiger charge is 2.34. The second kappa shape index (κ2) is 6.26. The van der Waals surface area contributed by atoms with E-state index in [4.69, 9.17) is 10.5 Å². The third-order valence-electron chi connectivity index (χ3n) is 3.45. The van der Waals surface area contributed by atoms with Gasteiger partial charge in [-0.25, -0.2) is 4.79 Å². The Morgan fingerprint density at radius 3 is 2.73 bits per heavy atom. The average Bonchev–Trinajstić information content (AvgIpc) is 2.85. The van der Waals surface area contributed by atoms with Crippen LogP contribution in [0.1, 0.15) is 45.2 Å². The highest BCUT2D eigenvalue weighted by molar-refractivity contribution is 7.79. The molecule has 22 heavy (non-hydrogen) atoms. The van der Waals surface area contributed by atoms with E-state index in [1.165, 1.54) is 6.07 Å². The Balaban J connectivity index is 2.33. The average molecular weight is 325 g/mol. The van der Waals surface area contributed by atoms with E-state index < -0.39 is 22.8 Å². The summed E-state index contributed by atoms with van der Waals surface area (Å²) in [5, 5.41) is 0. The SMILES string of the molecule is CC(C)(C)OC(=O)N1CCC[C@H]1c1cc(N)ccc1S(=O)[O-]. The third kappa shape index (κ3) is 3.78. The van der Waals surface area contributed by atoms with Crippen molar-refractivity contribution in [3.63, 3.8) is 0 Å². The third-order valence-corrected chi connectivity index (χ3v) is 4.18. The molecule has 0 saturated carbocycles. The zero-order chi connectivity index (χ0) is 16.5. The number of anilines is 1. The predicted molar refractivity (Wildman–Crippen MR) is 83.0 cm³/mol. The van der Waals surface area contributed by atoms with Gasteiger partial charge in [-0.15, -0.1) is 0 Å². The Bertz CT molecular complexity index is 598. The van der Waals surface area contributed by atoms with Crippen LogP contribution in [0.15, 0.2) is 23.1 Å². The van der Waals surface area contributed by atoms with Gasteiger partial charge in [0.1, 0.15) is 5.60 Å². The molecule has 0 aromatic heterocycles. The first-order chi connectivity index (χ1) is 10.2. The number of ether oxygens (including phenoxy) is 1. The minimum atomic E-state index is -2.38. The van der Waals surface area contributed by atoms with Crippen LogP contribution in [0.4, 0.5) is 10.5 Å². The van der Waals surface area contributed by atoms with Crippen molar-refractivity contribution in [2.24, 2.45) is 0 Å². The molecule has 0 radical (unpaired) electrons. The van der Waals surface area contributed by atoms with Gasteiger partial charge < -0.3 is 19.9 Å². The van der Waals surface area contributed by atoms with Crippen LogP contribution >= 0.6 is 0 Å². The molecule has 1 aromatic carbocycles. The number of hydrogen-bond acceptors (Lipinski definition) is 5. The summed E-state index contributed by atoms with van der Waals surface area (Å²) in [5.74, 6) is 0. The molecule has 1 heterocycles. The lowest BCUT2D eigenvalue weighted by Crippen LogP contribution is -2.36. The van der Waals surface area contributed by atoms with Gasteiger partial charge in [0.05, 0.1) is 6.04 Å². The molecule has 0 aliphatic carbocycles. The van der Waals surface area contributed by atoms with Crippen LogP contribution in [-0.2, 0) is 15.8 Å². The molecule has 1 unspecified atom stereocenters. The molecule has 6 nitrogen and oxygen atoms in total. The van der Waals surface area contributed by atoms with Gasteiger partial charge >= 0.3 is 6.09 Å². The maximum absolute atomic E-state index is 12.3. The molecule has 2 rings (SSSR count). The van der Waals surface area contributed by atoms with Crippen molar-refractivity contribution < 1.29 is 18.3 Å². The first-order valence-corrected chi connectivity index (χ1v) is 8.25. The summed E-state index contributed by atoms with van der Waals surface area (Å²) >= 11 is -2.38.